The molecule has 0 radical (unpaired) electrons. The van der Waals surface area contributed by atoms with Crippen LogP contribution in [0.1, 0.15) is 43.2 Å². The first kappa shape index (κ1) is 36.7. The lowest BCUT2D eigenvalue weighted by Crippen LogP contribution is -2.75. The molecular formula is C33H35N5O9S3. The van der Waals surface area contributed by atoms with Crippen LogP contribution in [-0.4, -0.2) is 92.9 Å². The predicted octanol–water partition coefficient (Wildman–Crippen LogP) is 3.12. The average Bonchev–Trinajstić information content (AvgIpc) is 3.56. The van der Waals surface area contributed by atoms with Gasteiger partial charge in [-0.1, -0.05) is 72.7 Å². The number of oxime groups is 1. The number of aromatic nitrogens is 1. The number of thioether (sulfide) groups is 2. The molecule has 2 aliphatic rings. The molecule has 0 saturated carbocycles. The monoisotopic (exact) mass is 741 g/mol. The molecular weight excluding hydrogens is 707 g/mol. The molecule has 3 aromatic rings. The van der Waals surface area contributed by atoms with Gasteiger partial charge in [0.05, 0.1) is 0 Å². The number of nitrogens with two attached hydrogens (primary N) is 1. The van der Waals surface area contributed by atoms with Crippen LogP contribution in [-0.2, 0) is 43.0 Å². The van der Waals surface area contributed by atoms with Crippen LogP contribution in [0.4, 0.5) is 5.13 Å². The number of amides is 2. The number of hydrogen-bond acceptors (Lipinski definition) is 15. The number of esters is 3. The molecule has 4 atom stereocenters. The number of ether oxygens (including phenoxy) is 3. The smallest absolute Gasteiger partial charge is 0.347 e. The van der Waals surface area contributed by atoms with Crippen molar-refractivity contribution in [3.63, 3.8) is 0 Å². The van der Waals surface area contributed by atoms with Crippen molar-refractivity contribution in [3.8, 4) is 0 Å². The highest BCUT2D eigenvalue weighted by molar-refractivity contribution is 8.04. The van der Waals surface area contributed by atoms with Crippen molar-refractivity contribution in [2.45, 2.75) is 48.8 Å². The van der Waals surface area contributed by atoms with Crippen LogP contribution in [0.2, 0.25) is 0 Å². The predicted molar refractivity (Wildman–Crippen MR) is 188 cm³/mol. The van der Waals surface area contributed by atoms with E-state index in [2.05, 4.69) is 15.5 Å². The minimum absolute atomic E-state index is 0.0338. The van der Waals surface area contributed by atoms with E-state index in [9.17, 15) is 24.0 Å². The summed E-state index contributed by atoms with van der Waals surface area (Å²) in [7, 11) is 0. The lowest BCUT2D eigenvalue weighted by Gasteiger charge is -2.53. The summed E-state index contributed by atoms with van der Waals surface area (Å²) in [5.41, 5.74) is 7.12. The zero-order valence-corrected chi connectivity index (χ0v) is 29.8. The maximum atomic E-state index is 13.5. The standard InChI is InChI=1S/C33H35N5O9S3/c1-4-23(39)45-19(2)46-31(43)33(48-3)17-38-29(42)26(30(38)50-18-33)36-28(41)25(22-16-49-32(34)35-22)37-44-15-24(40)47-27(20-11-7-5-8-12-20)21-13-9-6-10-14-21/h5-14,16,19,26-27,30H,4,15,17-18H2,1-3H3,(H2,34,35)(H,36,41)/t19?,26?,30-,33?/m1/s1. The fourth-order valence-corrected chi connectivity index (χ4v) is 8.23. The summed E-state index contributed by atoms with van der Waals surface area (Å²) in [6, 6.07) is 17.5. The van der Waals surface area contributed by atoms with Crippen molar-refractivity contribution in [1.29, 1.82) is 0 Å². The molecule has 3 heterocycles. The third-order valence-electron chi connectivity index (χ3n) is 7.73. The zero-order valence-electron chi connectivity index (χ0n) is 27.3. The number of nitrogens with one attached hydrogen (secondary N) is 1. The normalized spacial score (nSPS) is 20.6. The summed E-state index contributed by atoms with van der Waals surface area (Å²) in [6.45, 7) is 2.49. The SMILES string of the molecule is CCC(=O)OC(C)OC(=O)C1(SC)CS[C@@H]2C(NC(=O)C(=NOCC(=O)OC(c3ccccc3)c3ccccc3)c3csc(N)n3)C(=O)N2C1. The van der Waals surface area contributed by atoms with Crippen molar-refractivity contribution >= 4 is 75.4 Å². The van der Waals surface area contributed by atoms with Gasteiger partial charge in [-0.25, -0.2) is 9.78 Å². The van der Waals surface area contributed by atoms with Crippen LogP contribution in [0.15, 0.2) is 71.2 Å². The van der Waals surface area contributed by atoms with Crippen molar-refractivity contribution in [2.75, 3.05) is 30.9 Å². The lowest BCUT2D eigenvalue weighted by molar-refractivity contribution is -0.186. The number of hydrogen-bond donors (Lipinski definition) is 2. The Bertz CT molecular complexity index is 1700. The molecule has 3 N–H and O–H groups in total. The second-order valence-corrected chi connectivity index (χ2v) is 14.3. The summed E-state index contributed by atoms with van der Waals surface area (Å²) in [6.07, 6.45) is 0.0768. The van der Waals surface area contributed by atoms with E-state index in [4.69, 9.17) is 24.8 Å². The molecule has 2 amide bonds. The quantitative estimate of drug-likeness (QED) is 0.0807. The fourth-order valence-electron chi connectivity index (χ4n) is 5.14. The number of thiazole rings is 1. The Morgan fingerprint density at radius 3 is 2.30 bits per heavy atom. The number of nitrogens with zero attached hydrogens (tertiary/aromatic N) is 3. The van der Waals surface area contributed by atoms with Crippen LogP contribution in [0.3, 0.4) is 0 Å². The topological polar surface area (TPSA) is 189 Å². The number of β-lactam (4-membered cyclic amide) rings is 1. The van der Waals surface area contributed by atoms with Crippen molar-refractivity contribution in [3.05, 3.63) is 82.9 Å². The number of fused-ring (bicyclic) bond motifs is 1. The highest BCUT2D eigenvalue weighted by Gasteiger charge is 2.58. The van der Waals surface area contributed by atoms with Gasteiger partial charge in [0.25, 0.3) is 5.91 Å². The van der Waals surface area contributed by atoms with Crippen molar-refractivity contribution in [1.82, 2.24) is 15.2 Å². The second kappa shape index (κ2) is 16.4. The third-order valence-corrected chi connectivity index (χ3v) is 11.3. The van der Waals surface area contributed by atoms with Crippen molar-refractivity contribution < 1.29 is 43.0 Å². The Morgan fingerprint density at radius 1 is 1.06 bits per heavy atom. The summed E-state index contributed by atoms with van der Waals surface area (Å²) < 4.78 is 15.1. The fraction of sp³-hybridized carbons (Fsp3) is 0.364. The minimum Gasteiger partial charge on any atom is -0.450 e. The molecule has 0 spiro atoms. The van der Waals surface area contributed by atoms with Gasteiger partial charge in [0.2, 0.25) is 18.8 Å². The second-order valence-electron chi connectivity index (χ2n) is 11.1. The van der Waals surface area contributed by atoms with E-state index in [1.54, 1.807) is 13.2 Å². The molecule has 2 aliphatic heterocycles. The molecule has 50 heavy (non-hydrogen) atoms. The average molecular weight is 742 g/mol. The van der Waals surface area contributed by atoms with Crippen LogP contribution in [0.25, 0.3) is 0 Å². The molecule has 2 aromatic carbocycles. The zero-order chi connectivity index (χ0) is 35.8. The Hall–Kier alpha value is -4.61. The van der Waals surface area contributed by atoms with Gasteiger partial charge in [0, 0.05) is 31.0 Å². The molecule has 0 bridgehead atoms. The van der Waals surface area contributed by atoms with E-state index in [0.717, 1.165) is 22.5 Å². The van der Waals surface area contributed by atoms with Gasteiger partial charge in [-0.05, 0) is 17.4 Å². The Kier molecular flexibility index (Phi) is 12.0. The van der Waals surface area contributed by atoms with E-state index < -0.39 is 64.9 Å². The van der Waals surface area contributed by atoms with Gasteiger partial charge in [-0.2, -0.15) is 0 Å². The van der Waals surface area contributed by atoms with Crippen LogP contribution >= 0.6 is 34.9 Å². The lowest BCUT2D eigenvalue weighted by atomic mass is 10.0. The highest BCUT2D eigenvalue weighted by Crippen LogP contribution is 2.44. The first-order chi connectivity index (χ1) is 24.0. The maximum absolute atomic E-state index is 13.5. The molecule has 0 aliphatic carbocycles. The molecule has 5 rings (SSSR count). The van der Waals surface area contributed by atoms with Gasteiger partial charge in [0.15, 0.2) is 16.9 Å². The van der Waals surface area contributed by atoms with Gasteiger partial charge < -0.3 is 35.0 Å². The van der Waals surface area contributed by atoms with Gasteiger partial charge >= 0.3 is 17.9 Å². The molecule has 264 valence electrons. The van der Waals surface area contributed by atoms with Gasteiger partial charge in [-0.15, -0.1) is 34.9 Å². The summed E-state index contributed by atoms with van der Waals surface area (Å²) in [5.74, 6) is -2.78. The molecule has 2 fully saturated rings. The summed E-state index contributed by atoms with van der Waals surface area (Å²) in [4.78, 5) is 75.4. The number of benzene rings is 2. The third kappa shape index (κ3) is 8.39. The molecule has 3 unspecified atom stereocenters. The number of anilines is 1. The number of nitrogen functional groups attached to an aromatic ring is 1. The van der Waals surface area contributed by atoms with E-state index >= 15 is 0 Å². The van der Waals surface area contributed by atoms with E-state index in [0.29, 0.717) is 0 Å². The maximum Gasteiger partial charge on any atom is 0.347 e. The van der Waals surface area contributed by atoms with Crippen LogP contribution < -0.4 is 11.1 Å². The summed E-state index contributed by atoms with van der Waals surface area (Å²) in [5, 5.41) is 7.80. The molecule has 1 aromatic heterocycles. The number of carbonyl (C=O) groups excluding carboxylic acids is 5. The van der Waals surface area contributed by atoms with E-state index in [1.165, 1.54) is 40.7 Å². The van der Waals surface area contributed by atoms with Gasteiger partial charge in [0.1, 0.15) is 21.9 Å². The van der Waals surface area contributed by atoms with Crippen LogP contribution in [0, 0.1) is 0 Å². The minimum atomic E-state index is -1.11. The van der Waals surface area contributed by atoms with Crippen LogP contribution in [0.5, 0.6) is 0 Å². The van der Waals surface area contributed by atoms with E-state index in [1.807, 2.05) is 60.7 Å². The van der Waals surface area contributed by atoms with Crippen molar-refractivity contribution in [2.24, 2.45) is 5.16 Å². The molecule has 17 heteroatoms. The van der Waals surface area contributed by atoms with Gasteiger partial charge in [-0.3, -0.25) is 19.2 Å². The summed E-state index contributed by atoms with van der Waals surface area (Å²) >= 11 is 3.60. The van der Waals surface area contributed by atoms with E-state index in [-0.39, 0.29) is 35.3 Å². The molecule has 14 nitrogen and oxygen atoms in total. The first-order valence-corrected chi connectivity index (χ1v) is 18.6. The Morgan fingerprint density at radius 2 is 1.72 bits per heavy atom. The Balaban J connectivity index is 1.22. The number of carbonyl (C=O) groups is 5. The molecule has 2 saturated heterocycles. The highest BCUT2D eigenvalue weighted by atomic mass is 32.2. The largest absolute Gasteiger partial charge is 0.450 e. The Labute approximate surface area is 300 Å². The number of rotatable bonds is 14. The first-order valence-electron chi connectivity index (χ1n) is 15.4.